The van der Waals surface area contributed by atoms with Crippen molar-refractivity contribution in [2.75, 3.05) is 0 Å². The van der Waals surface area contributed by atoms with Gasteiger partial charge in [0.2, 0.25) is 0 Å². The highest BCUT2D eigenvalue weighted by Crippen LogP contribution is 2.47. The highest BCUT2D eigenvalue weighted by atomic mass is 16.4. The van der Waals surface area contributed by atoms with Gasteiger partial charge < -0.3 is 5.11 Å². The Hall–Kier alpha value is -2.09. The molecule has 0 bridgehead atoms. The number of carboxylic acids is 1. The molecule has 0 saturated heterocycles. The molecule has 0 aromatic heterocycles. The van der Waals surface area contributed by atoms with Crippen molar-refractivity contribution in [2.45, 2.75) is 19.3 Å². The third-order valence-corrected chi connectivity index (χ3v) is 3.97. The Labute approximate surface area is 112 Å². The number of aliphatic carboxylic acids is 1. The molecule has 0 heterocycles. The second kappa shape index (κ2) is 4.54. The molecule has 0 saturated carbocycles. The van der Waals surface area contributed by atoms with Crippen LogP contribution in [0.25, 0.3) is 11.1 Å². The van der Waals surface area contributed by atoms with E-state index in [1.807, 2.05) is 24.3 Å². The molecule has 2 aromatic carbocycles. The van der Waals surface area contributed by atoms with Crippen molar-refractivity contribution in [2.24, 2.45) is 5.92 Å². The van der Waals surface area contributed by atoms with E-state index in [1.165, 1.54) is 22.3 Å². The van der Waals surface area contributed by atoms with Gasteiger partial charge in [0.1, 0.15) is 0 Å². The fourth-order valence-corrected chi connectivity index (χ4v) is 2.97. The lowest BCUT2D eigenvalue weighted by Crippen LogP contribution is -2.13. The Morgan fingerprint density at radius 1 is 1.05 bits per heavy atom. The molecule has 0 radical (unpaired) electrons. The molecule has 1 unspecified atom stereocenters. The number of carbonyl (C=O) groups is 1. The summed E-state index contributed by atoms with van der Waals surface area (Å²) in [5.41, 5.74) is 5.02. The maximum Gasteiger partial charge on any atom is 0.306 e. The number of hydrogen-bond donors (Lipinski definition) is 1. The maximum absolute atomic E-state index is 11.1. The van der Waals surface area contributed by atoms with Crippen LogP contribution in [-0.2, 0) is 4.79 Å². The quantitative estimate of drug-likeness (QED) is 0.899. The largest absolute Gasteiger partial charge is 0.481 e. The molecule has 0 amide bonds. The van der Waals surface area contributed by atoms with Crippen molar-refractivity contribution in [3.63, 3.8) is 0 Å². The van der Waals surface area contributed by atoms with E-state index in [0.717, 1.165) is 0 Å². The Bertz CT molecular complexity index is 585. The zero-order valence-electron chi connectivity index (χ0n) is 10.8. The summed E-state index contributed by atoms with van der Waals surface area (Å²) in [7, 11) is 0. The average Bonchev–Trinajstić information content (AvgIpc) is 2.74. The smallest absolute Gasteiger partial charge is 0.306 e. The van der Waals surface area contributed by atoms with Gasteiger partial charge in [-0.15, -0.1) is 0 Å². The van der Waals surface area contributed by atoms with Crippen LogP contribution >= 0.6 is 0 Å². The summed E-state index contributed by atoms with van der Waals surface area (Å²) in [5, 5.41) is 9.14. The normalized spacial score (nSPS) is 14.8. The number of benzene rings is 2. The Morgan fingerprint density at radius 2 is 1.53 bits per heavy atom. The summed E-state index contributed by atoms with van der Waals surface area (Å²) < 4.78 is 0. The summed E-state index contributed by atoms with van der Waals surface area (Å²) >= 11 is 0. The minimum absolute atomic E-state index is 0.207. The van der Waals surface area contributed by atoms with Gasteiger partial charge in [-0.1, -0.05) is 55.5 Å². The Balaban J connectivity index is 2.07. The standard InChI is InChI=1S/C17H16O2/c1-11(17(18)19)10-16-14-8-4-2-6-12(14)13-7-3-5-9-15(13)16/h2-9,11,16H,10H2,1H3,(H,18,19). The fraction of sp³-hybridized carbons (Fsp3) is 0.235. The predicted octanol–water partition coefficient (Wildman–Crippen LogP) is 3.91. The second-order valence-corrected chi connectivity index (χ2v) is 5.20. The molecule has 2 aromatic rings. The summed E-state index contributed by atoms with van der Waals surface area (Å²) in [4.78, 5) is 11.1. The summed E-state index contributed by atoms with van der Waals surface area (Å²) in [6.07, 6.45) is 0.656. The molecule has 1 atom stereocenters. The number of carboxylic acid groups (broad SMARTS) is 1. The molecule has 1 aliphatic carbocycles. The summed E-state index contributed by atoms with van der Waals surface area (Å²) in [6, 6.07) is 16.6. The highest BCUT2D eigenvalue weighted by molar-refractivity contribution is 5.79. The third kappa shape index (κ3) is 1.93. The van der Waals surface area contributed by atoms with Gasteiger partial charge in [-0.25, -0.2) is 0 Å². The topological polar surface area (TPSA) is 37.3 Å². The van der Waals surface area contributed by atoms with Gasteiger partial charge in [0.05, 0.1) is 5.92 Å². The molecule has 3 rings (SSSR count). The third-order valence-electron chi connectivity index (χ3n) is 3.97. The minimum atomic E-state index is -0.720. The van der Waals surface area contributed by atoms with Crippen LogP contribution in [-0.4, -0.2) is 11.1 Å². The highest BCUT2D eigenvalue weighted by Gasteiger charge is 2.30. The maximum atomic E-state index is 11.1. The molecule has 19 heavy (non-hydrogen) atoms. The molecule has 1 N–H and O–H groups in total. The van der Waals surface area contributed by atoms with Crippen molar-refractivity contribution in [1.82, 2.24) is 0 Å². The molecule has 0 fully saturated rings. The summed E-state index contributed by atoms with van der Waals surface area (Å²) in [5.74, 6) is -0.843. The molecule has 2 heteroatoms. The van der Waals surface area contributed by atoms with Gasteiger partial charge in [0, 0.05) is 5.92 Å². The zero-order chi connectivity index (χ0) is 13.4. The molecule has 0 spiro atoms. The van der Waals surface area contributed by atoms with E-state index in [9.17, 15) is 4.79 Å². The Morgan fingerprint density at radius 3 is 2.00 bits per heavy atom. The first kappa shape index (κ1) is 12.0. The predicted molar refractivity (Wildman–Crippen MR) is 75.1 cm³/mol. The van der Waals surface area contributed by atoms with Crippen LogP contribution in [0, 0.1) is 5.92 Å². The van der Waals surface area contributed by atoms with E-state index in [-0.39, 0.29) is 11.8 Å². The van der Waals surface area contributed by atoms with Gasteiger partial charge in [-0.05, 0) is 28.7 Å². The monoisotopic (exact) mass is 252 g/mol. The number of rotatable bonds is 3. The van der Waals surface area contributed by atoms with Crippen molar-refractivity contribution >= 4 is 5.97 Å². The SMILES string of the molecule is CC(CC1c2ccccc2-c2ccccc21)C(=O)O. The first-order chi connectivity index (χ1) is 9.18. The molecular weight excluding hydrogens is 236 g/mol. The van der Waals surface area contributed by atoms with Gasteiger partial charge in [0.15, 0.2) is 0 Å². The average molecular weight is 252 g/mol. The van der Waals surface area contributed by atoms with Gasteiger partial charge >= 0.3 is 5.97 Å². The van der Waals surface area contributed by atoms with Crippen LogP contribution in [0.3, 0.4) is 0 Å². The molecule has 2 nitrogen and oxygen atoms in total. The molecule has 0 aliphatic heterocycles. The summed E-state index contributed by atoms with van der Waals surface area (Å²) in [6.45, 7) is 1.78. The molecular formula is C17H16O2. The van der Waals surface area contributed by atoms with Crippen molar-refractivity contribution in [1.29, 1.82) is 0 Å². The minimum Gasteiger partial charge on any atom is -0.481 e. The molecule has 1 aliphatic rings. The van der Waals surface area contributed by atoms with Crippen LogP contribution in [0.5, 0.6) is 0 Å². The first-order valence-corrected chi connectivity index (χ1v) is 6.59. The van der Waals surface area contributed by atoms with Crippen LogP contribution < -0.4 is 0 Å². The number of fused-ring (bicyclic) bond motifs is 3. The van der Waals surface area contributed by atoms with E-state index in [4.69, 9.17) is 5.11 Å². The second-order valence-electron chi connectivity index (χ2n) is 5.20. The van der Waals surface area contributed by atoms with E-state index in [1.54, 1.807) is 6.92 Å². The fourth-order valence-electron chi connectivity index (χ4n) is 2.97. The van der Waals surface area contributed by atoms with Crippen molar-refractivity contribution < 1.29 is 9.90 Å². The van der Waals surface area contributed by atoms with Gasteiger partial charge in [-0.3, -0.25) is 4.79 Å². The van der Waals surface area contributed by atoms with E-state index < -0.39 is 5.97 Å². The lowest BCUT2D eigenvalue weighted by molar-refractivity contribution is -0.141. The van der Waals surface area contributed by atoms with Gasteiger partial charge in [-0.2, -0.15) is 0 Å². The van der Waals surface area contributed by atoms with E-state index in [2.05, 4.69) is 24.3 Å². The first-order valence-electron chi connectivity index (χ1n) is 6.59. The van der Waals surface area contributed by atoms with Crippen LogP contribution in [0.15, 0.2) is 48.5 Å². The van der Waals surface area contributed by atoms with Crippen LogP contribution in [0.1, 0.15) is 30.4 Å². The zero-order valence-corrected chi connectivity index (χ0v) is 10.8. The Kier molecular flexibility index (Phi) is 2.86. The lowest BCUT2D eigenvalue weighted by Gasteiger charge is -2.16. The molecule has 96 valence electrons. The van der Waals surface area contributed by atoms with Crippen LogP contribution in [0.4, 0.5) is 0 Å². The van der Waals surface area contributed by atoms with E-state index in [0.29, 0.717) is 6.42 Å². The van der Waals surface area contributed by atoms with Gasteiger partial charge in [0.25, 0.3) is 0 Å². The van der Waals surface area contributed by atoms with Crippen LogP contribution in [0.2, 0.25) is 0 Å². The number of hydrogen-bond acceptors (Lipinski definition) is 1. The van der Waals surface area contributed by atoms with Crippen molar-refractivity contribution in [3.8, 4) is 11.1 Å². The van der Waals surface area contributed by atoms with Crippen molar-refractivity contribution in [3.05, 3.63) is 59.7 Å². The van der Waals surface area contributed by atoms with E-state index >= 15 is 0 Å². The lowest BCUT2D eigenvalue weighted by atomic mass is 9.88.